The first kappa shape index (κ1) is 24.5. The molecule has 12 heteroatoms. The molecule has 0 saturated heterocycles. The average molecular weight is 492 g/mol. The summed E-state index contributed by atoms with van der Waals surface area (Å²) >= 11 is 0. The molecular weight excluding hydrogens is 462 g/mol. The quantitative estimate of drug-likeness (QED) is 0.212. The van der Waals surface area contributed by atoms with E-state index in [1.165, 1.54) is 11.8 Å². The van der Waals surface area contributed by atoms with Crippen LogP contribution in [0.15, 0.2) is 59.5 Å². The van der Waals surface area contributed by atoms with Crippen LogP contribution in [0.4, 0.5) is 17.8 Å². The van der Waals surface area contributed by atoms with Gasteiger partial charge in [0.05, 0.1) is 13.3 Å². The summed E-state index contributed by atoms with van der Waals surface area (Å²) in [6, 6.07) is 15.9. The zero-order valence-corrected chi connectivity index (χ0v) is 20.3. The number of nitrogens with zero attached hydrogens (tertiary/aromatic N) is 5. The minimum Gasteiger partial charge on any atom is -0.497 e. The Morgan fingerprint density at radius 1 is 0.889 bits per heavy atom. The normalized spacial score (nSPS) is 10.9. The van der Waals surface area contributed by atoms with Gasteiger partial charge in [-0.05, 0) is 42.9 Å². The molecule has 0 unspecified atom stereocenters. The maximum atomic E-state index is 12.0. The number of anilines is 3. The van der Waals surface area contributed by atoms with Gasteiger partial charge in [-0.1, -0.05) is 36.4 Å². The number of rotatable bonds is 11. The lowest BCUT2D eigenvalue weighted by atomic mass is 10.1. The zero-order valence-electron chi connectivity index (χ0n) is 20.3. The molecule has 12 nitrogen and oxygen atoms in total. The van der Waals surface area contributed by atoms with E-state index in [0.717, 1.165) is 28.1 Å². The van der Waals surface area contributed by atoms with Crippen molar-refractivity contribution in [1.82, 2.24) is 29.5 Å². The Morgan fingerprint density at radius 2 is 1.42 bits per heavy atom. The molecule has 0 atom stereocenters. The second-order valence-electron chi connectivity index (χ2n) is 8.34. The second kappa shape index (κ2) is 11.2. The molecule has 0 amide bonds. The number of H-pyrrole nitrogens is 1. The molecule has 2 aromatic carbocycles. The first-order valence-corrected chi connectivity index (χ1v) is 11.2. The van der Waals surface area contributed by atoms with Crippen molar-refractivity contribution in [2.75, 3.05) is 37.3 Å². The summed E-state index contributed by atoms with van der Waals surface area (Å²) in [4.78, 5) is 29.5. The van der Waals surface area contributed by atoms with Crippen LogP contribution in [-0.4, -0.2) is 55.8 Å². The fraction of sp³-hybridized carbons (Fsp3) is 0.250. The maximum Gasteiger partial charge on any atom is 0.347 e. The Bertz CT molecular complexity index is 1330. The van der Waals surface area contributed by atoms with Gasteiger partial charge in [0.25, 0.3) is 0 Å². The Balaban J connectivity index is 1.50. The van der Waals surface area contributed by atoms with Crippen LogP contribution in [0, 0.1) is 0 Å². The largest absolute Gasteiger partial charge is 0.497 e. The lowest BCUT2D eigenvalue weighted by Crippen LogP contribution is -2.24. The van der Waals surface area contributed by atoms with E-state index in [1.807, 2.05) is 38.4 Å². The molecule has 4 aromatic rings. The molecule has 0 fully saturated rings. The summed E-state index contributed by atoms with van der Waals surface area (Å²) in [5, 5.41) is 15.9. The van der Waals surface area contributed by atoms with Gasteiger partial charge >= 0.3 is 5.69 Å². The molecule has 0 aliphatic carbocycles. The first-order chi connectivity index (χ1) is 17.4. The highest BCUT2D eigenvalue weighted by Gasteiger charge is 2.10. The highest BCUT2D eigenvalue weighted by molar-refractivity contribution is 5.43. The lowest BCUT2D eigenvalue weighted by Gasteiger charge is -2.12. The van der Waals surface area contributed by atoms with Gasteiger partial charge in [-0.25, -0.2) is 9.47 Å². The SMILES string of the molecule is COc1ccc(CNc2nc(NCc3ccc(CN(C)C)cc3)nc(Nn3cc(O)[nH]c3=O)n2)cc1. The molecule has 2 aromatic heterocycles. The van der Waals surface area contributed by atoms with E-state index < -0.39 is 5.69 Å². The van der Waals surface area contributed by atoms with Crippen LogP contribution >= 0.6 is 0 Å². The molecule has 0 aliphatic heterocycles. The number of imidazole rings is 1. The first-order valence-electron chi connectivity index (χ1n) is 11.2. The third-order valence-corrected chi connectivity index (χ3v) is 5.14. The van der Waals surface area contributed by atoms with Crippen molar-refractivity contribution in [3.8, 4) is 11.6 Å². The molecule has 2 heterocycles. The number of ether oxygens (including phenoxy) is 1. The number of nitrogens with one attached hydrogen (secondary N) is 4. The highest BCUT2D eigenvalue weighted by Crippen LogP contribution is 2.15. The summed E-state index contributed by atoms with van der Waals surface area (Å²) in [5.74, 6) is 1.23. The van der Waals surface area contributed by atoms with Crippen LogP contribution in [0.2, 0.25) is 0 Å². The van der Waals surface area contributed by atoms with Gasteiger partial charge in [0.15, 0.2) is 0 Å². The topological polar surface area (TPSA) is 145 Å². The number of aromatic hydroxyl groups is 1. The van der Waals surface area contributed by atoms with E-state index in [0.29, 0.717) is 25.0 Å². The monoisotopic (exact) mass is 491 g/mol. The third-order valence-electron chi connectivity index (χ3n) is 5.14. The molecule has 0 saturated carbocycles. The van der Waals surface area contributed by atoms with Gasteiger partial charge in [-0.3, -0.25) is 10.4 Å². The molecule has 0 aliphatic rings. The fourth-order valence-corrected chi connectivity index (χ4v) is 3.39. The minimum absolute atomic E-state index is 0.118. The standard InChI is InChI=1S/C24H29N9O3/c1-32(2)14-18-6-4-16(5-7-18)12-25-21-28-22(26-13-17-8-10-19(36-3)11-9-17)30-23(29-21)31-33-15-20(34)27-24(33)35/h4-11,15,34H,12-14H2,1-3H3,(H,27,35)(H3,25,26,28,29,30,31). The van der Waals surface area contributed by atoms with Crippen molar-refractivity contribution < 1.29 is 9.84 Å². The predicted octanol–water partition coefficient (Wildman–Crippen LogP) is 2.24. The van der Waals surface area contributed by atoms with E-state index in [1.54, 1.807) is 7.11 Å². The smallest absolute Gasteiger partial charge is 0.347 e. The van der Waals surface area contributed by atoms with Crippen molar-refractivity contribution in [3.63, 3.8) is 0 Å². The van der Waals surface area contributed by atoms with Crippen molar-refractivity contribution in [1.29, 1.82) is 0 Å². The Morgan fingerprint density at radius 3 is 1.92 bits per heavy atom. The summed E-state index contributed by atoms with van der Waals surface area (Å²) in [6.45, 7) is 1.83. The number of hydrogen-bond donors (Lipinski definition) is 5. The molecule has 188 valence electrons. The summed E-state index contributed by atoms with van der Waals surface area (Å²) in [7, 11) is 5.69. The van der Waals surface area contributed by atoms with Gasteiger partial charge in [0.1, 0.15) is 5.75 Å². The van der Waals surface area contributed by atoms with E-state index >= 15 is 0 Å². The summed E-state index contributed by atoms with van der Waals surface area (Å²) in [6.07, 6.45) is 1.19. The van der Waals surface area contributed by atoms with E-state index in [4.69, 9.17) is 4.74 Å². The predicted molar refractivity (Wildman–Crippen MR) is 137 cm³/mol. The Hall–Kier alpha value is -4.58. The summed E-state index contributed by atoms with van der Waals surface area (Å²) in [5.41, 5.74) is 5.49. The third kappa shape index (κ3) is 6.73. The number of aromatic amines is 1. The average Bonchev–Trinajstić information content (AvgIpc) is 3.18. The van der Waals surface area contributed by atoms with Crippen LogP contribution in [0.1, 0.15) is 16.7 Å². The van der Waals surface area contributed by atoms with Gasteiger partial charge in [0.2, 0.25) is 23.7 Å². The molecule has 0 spiro atoms. The van der Waals surface area contributed by atoms with Crippen molar-refractivity contribution in [2.45, 2.75) is 19.6 Å². The van der Waals surface area contributed by atoms with Gasteiger partial charge in [0, 0.05) is 19.6 Å². The van der Waals surface area contributed by atoms with Crippen molar-refractivity contribution in [2.24, 2.45) is 0 Å². The summed E-state index contributed by atoms with van der Waals surface area (Å²) < 4.78 is 6.24. The van der Waals surface area contributed by atoms with E-state index in [9.17, 15) is 9.90 Å². The van der Waals surface area contributed by atoms with Gasteiger partial charge in [-0.15, -0.1) is 0 Å². The number of hydrogen-bond acceptors (Lipinski definition) is 10. The van der Waals surface area contributed by atoms with Crippen LogP contribution < -0.4 is 26.5 Å². The zero-order chi connectivity index (χ0) is 25.5. The minimum atomic E-state index is -0.562. The molecule has 0 bridgehead atoms. The Labute approximate surface area is 208 Å². The van der Waals surface area contributed by atoms with Crippen LogP contribution in [0.5, 0.6) is 11.6 Å². The molecular formula is C24H29N9O3. The van der Waals surface area contributed by atoms with Crippen LogP contribution in [-0.2, 0) is 19.6 Å². The molecule has 0 radical (unpaired) electrons. The van der Waals surface area contributed by atoms with Gasteiger partial charge < -0.3 is 25.4 Å². The van der Waals surface area contributed by atoms with Crippen LogP contribution in [0.3, 0.4) is 0 Å². The van der Waals surface area contributed by atoms with Gasteiger partial charge in [-0.2, -0.15) is 15.0 Å². The fourth-order valence-electron chi connectivity index (χ4n) is 3.39. The van der Waals surface area contributed by atoms with E-state index in [2.05, 4.69) is 65.2 Å². The lowest BCUT2D eigenvalue weighted by molar-refractivity contribution is 0.402. The highest BCUT2D eigenvalue weighted by atomic mass is 16.5. The molecule has 36 heavy (non-hydrogen) atoms. The van der Waals surface area contributed by atoms with E-state index in [-0.39, 0.29) is 11.8 Å². The van der Waals surface area contributed by atoms with Crippen molar-refractivity contribution >= 4 is 17.8 Å². The molecule has 4 rings (SSSR count). The van der Waals surface area contributed by atoms with Crippen molar-refractivity contribution in [3.05, 3.63) is 81.9 Å². The molecule has 5 N–H and O–H groups in total. The Kier molecular flexibility index (Phi) is 7.66. The second-order valence-corrected chi connectivity index (χ2v) is 8.34. The number of methoxy groups -OCH3 is 1. The van der Waals surface area contributed by atoms with Crippen LogP contribution in [0.25, 0.3) is 0 Å². The number of benzene rings is 2. The maximum absolute atomic E-state index is 12.0. The number of aromatic nitrogens is 5.